The van der Waals surface area contributed by atoms with Gasteiger partial charge in [-0.1, -0.05) is 42.5 Å². The lowest BCUT2D eigenvalue weighted by Gasteiger charge is -2.31. The second kappa shape index (κ2) is 7.91. The molecule has 1 fully saturated rings. The molecule has 26 heavy (non-hydrogen) atoms. The van der Waals surface area contributed by atoms with Crippen LogP contribution in [0.1, 0.15) is 24.0 Å². The van der Waals surface area contributed by atoms with Crippen LogP contribution in [0.4, 0.5) is 10.5 Å². The van der Waals surface area contributed by atoms with E-state index in [-0.39, 0.29) is 23.6 Å². The highest BCUT2D eigenvalue weighted by Gasteiger charge is 2.28. The molecular weight excluding hydrogens is 348 g/mol. The van der Waals surface area contributed by atoms with Crippen LogP contribution in [0.3, 0.4) is 0 Å². The van der Waals surface area contributed by atoms with Gasteiger partial charge in [-0.05, 0) is 42.5 Å². The number of amides is 2. The number of benzene rings is 2. The van der Waals surface area contributed by atoms with Crippen molar-refractivity contribution in [3.05, 3.63) is 65.7 Å². The molecule has 0 bridgehead atoms. The van der Waals surface area contributed by atoms with E-state index in [1.54, 1.807) is 11.9 Å². The summed E-state index contributed by atoms with van der Waals surface area (Å²) in [5.41, 5.74) is 3.09. The standard InChI is InChI=1S/C20H24N2O3S/c1-22(19-10-12-26(24,25)13-11-19)20(23)21-18-9-5-8-17(15-18)14-16-6-3-2-4-7-16/h2-9,15,19H,10-14H2,1H3,(H,21,23). The Morgan fingerprint density at radius 2 is 1.69 bits per heavy atom. The van der Waals surface area contributed by atoms with Crippen molar-refractivity contribution in [3.8, 4) is 0 Å². The Morgan fingerprint density at radius 1 is 1.04 bits per heavy atom. The number of anilines is 1. The summed E-state index contributed by atoms with van der Waals surface area (Å²) in [6, 6.07) is 17.8. The van der Waals surface area contributed by atoms with Crippen molar-refractivity contribution in [3.63, 3.8) is 0 Å². The first-order valence-electron chi connectivity index (χ1n) is 8.80. The Hall–Kier alpha value is -2.34. The fourth-order valence-electron chi connectivity index (χ4n) is 3.23. The number of urea groups is 1. The molecule has 1 aliphatic rings. The minimum absolute atomic E-state index is 0.0361. The largest absolute Gasteiger partial charge is 0.325 e. The van der Waals surface area contributed by atoms with E-state index >= 15 is 0 Å². The maximum atomic E-state index is 12.5. The first kappa shape index (κ1) is 18.5. The van der Waals surface area contributed by atoms with Gasteiger partial charge in [0.15, 0.2) is 0 Å². The quantitative estimate of drug-likeness (QED) is 0.895. The van der Waals surface area contributed by atoms with Crippen molar-refractivity contribution < 1.29 is 13.2 Å². The highest BCUT2D eigenvalue weighted by atomic mass is 32.2. The zero-order chi connectivity index (χ0) is 18.6. The van der Waals surface area contributed by atoms with Crippen molar-refractivity contribution in [2.75, 3.05) is 23.9 Å². The summed E-state index contributed by atoms with van der Waals surface area (Å²) in [7, 11) is -1.20. The van der Waals surface area contributed by atoms with Gasteiger partial charge in [-0.2, -0.15) is 0 Å². The molecule has 2 aromatic rings. The first-order valence-corrected chi connectivity index (χ1v) is 10.6. The Bertz CT molecular complexity index is 852. The van der Waals surface area contributed by atoms with Crippen molar-refractivity contribution >= 4 is 21.6 Å². The van der Waals surface area contributed by atoms with Crippen LogP contribution in [0.5, 0.6) is 0 Å². The number of sulfone groups is 1. The summed E-state index contributed by atoms with van der Waals surface area (Å²) in [4.78, 5) is 14.1. The number of carbonyl (C=O) groups excluding carboxylic acids is 1. The number of hydrogen-bond acceptors (Lipinski definition) is 3. The van der Waals surface area contributed by atoms with Gasteiger partial charge in [-0.25, -0.2) is 13.2 Å². The summed E-state index contributed by atoms with van der Waals surface area (Å²) < 4.78 is 23.1. The van der Waals surface area contributed by atoms with Crippen molar-refractivity contribution in [1.82, 2.24) is 4.90 Å². The average Bonchev–Trinajstić information content (AvgIpc) is 2.62. The minimum atomic E-state index is -2.93. The van der Waals surface area contributed by atoms with Crippen LogP contribution < -0.4 is 5.32 Å². The lowest BCUT2D eigenvalue weighted by molar-refractivity contribution is 0.199. The van der Waals surface area contributed by atoms with E-state index in [9.17, 15) is 13.2 Å². The van der Waals surface area contributed by atoms with Crippen LogP contribution in [-0.2, 0) is 16.3 Å². The Labute approximate surface area is 154 Å². The molecule has 0 unspecified atom stereocenters. The van der Waals surface area contributed by atoms with E-state index in [1.807, 2.05) is 42.5 Å². The highest BCUT2D eigenvalue weighted by Crippen LogP contribution is 2.19. The molecule has 5 nitrogen and oxygen atoms in total. The fraction of sp³-hybridized carbons (Fsp3) is 0.350. The monoisotopic (exact) mass is 372 g/mol. The van der Waals surface area contributed by atoms with Gasteiger partial charge in [0, 0.05) is 18.8 Å². The minimum Gasteiger partial charge on any atom is -0.325 e. The Balaban J connectivity index is 1.61. The topological polar surface area (TPSA) is 66.5 Å². The van der Waals surface area contributed by atoms with Gasteiger partial charge in [0.1, 0.15) is 9.84 Å². The highest BCUT2D eigenvalue weighted by molar-refractivity contribution is 7.91. The third kappa shape index (κ3) is 4.85. The zero-order valence-corrected chi connectivity index (χ0v) is 15.7. The average molecular weight is 372 g/mol. The summed E-state index contributed by atoms with van der Waals surface area (Å²) in [6.07, 6.45) is 1.81. The van der Waals surface area contributed by atoms with Crippen LogP contribution >= 0.6 is 0 Å². The van der Waals surface area contributed by atoms with Gasteiger partial charge in [-0.3, -0.25) is 0 Å². The molecule has 1 saturated heterocycles. The third-order valence-electron chi connectivity index (χ3n) is 4.82. The number of carbonyl (C=O) groups is 1. The van der Waals surface area contributed by atoms with Gasteiger partial charge >= 0.3 is 6.03 Å². The molecular formula is C20H24N2O3S. The Kier molecular flexibility index (Phi) is 5.61. The van der Waals surface area contributed by atoms with E-state index < -0.39 is 9.84 Å². The van der Waals surface area contributed by atoms with Crippen LogP contribution in [0.2, 0.25) is 0 Å². The lowest BCUT2D eigenvalue weighted by Crippen LogP contribution is -2.44. The molecule has 0 spiro atoms. The second-order valence-electron chi connectivity index (χ2n) is 6.79. The number of nitrogens with one attached hydrogen (secondary N) is 1. The molecule has 0 saturated carbocycles. The van der Waals surface area contributed by atoms with Crippen molar-refractivity contribution in [1.29, 1.82) is 0 Å². The van der Waals surface area contributed by atoms with Crippen molar-refractivity contribution in [2.24, 2.45) is 0 Å². The number of nitrogens with zero attached hydrogens (tertiary/aromatic N) is 1. The maximum absolute atomic E-state index is 12.5. The van der Waals surface area contributed by atoms with E-state index in [1.165, 1.54) is 5.56 Å². The maximum Gasteiger partial charge on any atom is 0.321 e. The van der Waals surface area contributed by atoms with Crippen LogP contribution in [-0.4, -0.2) is 43.9 Å². The fourth-order valence-corrected chi connectivity index (χ4v) is 4.70. The van der Waals surface area contributed by atoms with Crippen LogP contribution in [0.25, 0.3) is 0 Å². The van der Waals surface area contributed by atoms with Gasteiger partial charge in [0.2, 0.25) is 0 Å². The van der Waals surface area contributed by atoms with E-state index in [0.29, 0.717) is 12.8 Å². The molecule has 6 heteroatoms. The molecule has 138 valence electrons. The smallest absolute Gasteiger partial charge is 0.321 e. The molecule has 0 aliphatic carbocycles. The third-order valence-corrected chi connectivity index (χ3v) is 6.54. The molecule has 2 amide bonds. The SMILES string of the molecule is CN(C(=O)Nc1cccc(Cc2ccccc2)c1)C1CCS(=O)(=O)CC1. The predicted molar refractivity (Wildman–Crippen MR) is 104 cm³/mol. The number of rotatable bonds is 4. The van der Waals surface area contributed by atoms with Crippen LogP contribution in [0, 0.1) is 0 Å². The molecule has 0 aromatic heterocycles. The molecule has 2 aromatic carbocycles. The van der Waals surface area contributed by atoms with Gasteiger partial charge < -0.3 is 10.2 Å². The van der Waals surface area contributed by atoms with Gasteiger partial charge in [0.05, 0.1) is 11.5 Å². The van der Waals surface area contributed by atoms with Gasteiger partial charge in [0.25, 0.3) is 0 Å². The van der Waals surface area contributed by atoms with E-state index in [2.05, 4.69) is 17.4 Å². The zero-order valence-electron chi connectivity index (χ0n) is 14.9. The molecule has 1 aliphatic heterocycles. The summed E-state index contributed by atoms with van der Waals surface area (Å²) in [5, 5.41) is 2.92. The first-order chi connectivity index (χ1) is 12.4. The van der Waals surface area contributed by atoms with Crippen molar-refractivity contribution in [2.45, 2.75) is 25.3 Å². The second-order valence-corrected chi connectivity index (χ2v) is 9.09. The number of hydrogen-bond donors (Lipinski definition) is 1. The summed E-state index contributed by atoms with van der Waals surface area (Å²) in [6.45, 7) is 0. The predicted octanol–water partition coefficient (Wildman–Crippen LogP) is 3.32. The van der Waals surface area contributed by atoms with Crippen LogP contribution in [0.15, 0.2) is 54.6 Å². The Morgan fingerprint density at radius 3 is 2.38 bits per heavy atom. The summed E-state index contributed by atoms with van der Waals surface area (Å²) in [5.74, 6) is 0.309. The van der Waals surface area contributed by atoms with E-state index in [4.69, 9.17) is 0 Å². The van der Waals surface area contributed by atoms with Gasteiger partial charge in [-0.15, -0.1) is 0 Å². The molecule has 3 rings (SSSR count). The molecule has 1 heterocycles. The lowest BCUT2D eigenvalue weighted by atomic mass is 10.0. The molecule has 0 atom stereocenters. The molecule has 1 N–H and O–H groups in total. The normalized spacial score (nSPS) is 16.8. The molecule has 0 radical (unpaired) electrons. The van der Waals surface area contributed by atoms with E-state index in [0.717, 1.165) is 17.7 Å². The summed E-state index contributed by atoms with van der Waals surface area (Å²) >= 11 is 0.